The first-order valence-corrected chi connectivity index (χ1v) is 8.41. The summed E-state index contributed by atoms with van der Waals surface area (Å²) in [7, 11) is 1.79. The Morgan fingerprint density at radius 3 is 2.88 bits per heavy atom. The standard InChI is InChI=1S/C18H19ClN4O2/c1-4-9-25-14-8-6-5-7-13(14)21-18(24)12-10-20-17-15(16(12)19)11(2)22-23(17)3/h5-8,10H,4,9H2,1-3H3,(H,21,24). The molecule has 130 valence electrons. The molecule has 0 aliphatic rings. The summed E-state index contributed by atoms with van der Waals surface area (Å²) in [5.41, 5.74) is 2.28. The molecule has 7 heteroatoms. The van der Waals surface area contributed by atoms with Crippen molar-refractivity contribution in [3.05, 3.63) is 46.7 Å². The first kappa shape index (κ1) is 17.2. The molecule has 3 aromatic rings. The molecule has 6 nitrogen and oxygen atoms in total. The maximum absolute atomic E-state index is 12.7. The van der Waals surface area contributed by atoms with Crippen LogP contribution >= 0.6 is 11.6 Å². The second-order valence-electron chi connectivity index (χ2n) is 5.69. The zero-order valence-electron chi connectivity index (χ0n) is 14.3. The van der Waals surface area contributed by atoms with E-state index in [4.69, 9.17) is 16.3 Å². The second-order valence-corrected chi connectivity index (χ2v) is 6.07. The van der Waals surface area contributed by atoms with E-state index < -0.39 is 0 Å². The molecule has 2 aromatic heterocycles. The maximum atomic E-state index is 12.7. The van der Waals surface area contributed by atoms with E-state index in [0.29, 0.717) is 39.7 Å². The third-order valence-corrected chi connectivity index (χ3v) is 4.20. The van der Waals surface area contributed by atoms with Gasteiger partial charge in [-0.2, -0.15) is 5.10 Å². The number of fused-ring (bicyclic) bond motifs is 1. The van der Waals surface area contributed by atoms with Crippen LogP contribution in [0.15, 0.2) is 30.5 Å². The number of benzene rings is 1. The van der Waals surface area contributed by atoms with Crippen molar-refractivity contribution in [2.75, 3.05) is 11.9 Å². The highest BCUT2D eigenvalue weighted by Crippen LogP contribution is 2.30. The monoisotopic (exact) mass is 358 g/mol. The lowest BCUT2D eigenvalue weighted by Crippen LogP contribution is -2.14. The van der Waals surface area contributed by atoms with Crippen LogP contribution in [0.5, 0.6) is 5.75 Å². The predicted octanol–water partition coefficient (Wildman–Crippen LogP) is 3.97. The van der Waals surface area contributed by atoms with Crippen molar-refractivity contribution in [2.45, 2.75) is 20.3 Å². The average molecular weight is 359 g/mol. The molecule has 2 heterocycles. The van der Waals surface area contributed by atoms with Gasteiger partial charge in [-0.25, -0.2) is 4.98 Å². The quantitative estimate of drug-likeness (QED) is 0.749. The number of ether oxygens (including phenoxy) is 1. The number of aryl methyl sites for hydroxylation is 2. The van der Waals surface area contributed by atoms with Gasteiger partial charge in [0, 0.05) is 13.2 Å². The van der Waals surface area contributed by atoms with Crippen LogP contribution in [0.3, 0.4) is 0 Å². The smallest absolute Gasteiger partial charge is 0.258 e. The highest BCUT2D eigenvalue weighted by molar-refractivity contribution is 6.39. The van der Waals surface area contributed by atoms with Crippen molar-refractivity contribution < 1.29 is 9.53 Å². The number of pyridine rings is 1. The lowest BCUT2D eigenvalue weighted by Gasteiger charge is -2.12. The minimum Gasteiger partial charge on any atom is -0.491 e. The van der Waals surface area contributed by atoms with E-state index in [1.807, 2.05) is 32.0 Å². The normalized spacial score (nSPS) is 10.9. The Morgan fingerprint density at radius 2 is 2.12 bits per heavy atom. The molecule has 0 saturated heterocycles. The minimum absolute atomic E-state index is 0.301. The van der Waals surface area contributed by atoms with E-state index in [9.17, 15) is 4.79 Å². The largest absolute Gasteiger partial charge is 0.491 e. The number of halogens is 1. The molecule has 0 fully saturated rings. The van der Waals surface area contributed by atoms with Gasteiger partial charge in [0.2, 0.25) is 0 Å². The van der Waals surface area contributed by atoms with E-state index in [0.717, 1.165) is 12.1 Å². The van der Waals surface area contributed by atoms with Crippen LogP contribution in [0.25, 0.3) is 11.0 Å². The molecule has 1 aromatic carbocycles. The van der Waals surface area contributed by atoms with Crippen molar-refractivity contribution in [1.29, 1.82) is 0 Å². The molecular weight excluding hydrogens is 340 g/mol. The summed E-state index contributed by atoms with van der Waals surface area (Å²) < 4.78 is 7.31. The Kier molecular flexibility index (Phi) is 4.90. The third kappa shape index (κ3) is 3.30. The zero-order chi connectivity index (χ0) is 18.0. The third-order valence-electron chi connectivity index (χ3n) is 3.81. The van der Waals surface area contributed by atoms with E-state index in [1.165, 1.54) is 6.20 Å². The van der Waals surface area contributed by atoms with Crippen LogP contribution in [0.2, 0.25) is 5.02 Å². The van der Waals surface area contributed by atoms with E-state index in [2.05, 4.69) is 15.4 Å². The van der Waals surface area contributed by atoms with Crippen LogP contribution in [-0.4, -0.2) is 27.3 Å². The number of rotatable bonds is 5. The first-order valence-electron chi connectivity index (χ1n) is 8.04. The Labute approximate surface area is 150 Å². The van der Waals surface area contributed by atoms with Crippen molar-refractivity contribution >= 4 is 34.2 Å². The Hall–Kier alpha value is -2.60. The molecular formula is C18H19ClN4O2. The molecule has 0 radical (unpaired) electrons. The number of anilines is 1. The number of carbonyl (C=O) groups is 1. The van der Waals surface area contributed by atoms with Crippen molar-refractivity contribution in [3.63, 3.8) is 0 Å². The number of para-hydroxylation sites is 2. The van der Waals surface area contributed by atoms with Gasteiger partial charge in [-0.15, -0.1) is 0 Å². The second kappa shape index (κ2) is 7.11. The van der Waals surface area contributed by atoms with E-state index in [1.54, 1.807) is 17.8 Å². The fourth-order valence-electron chi connectivity index (χ4n) is 2.62. The summed E-state index contributed by atoms with van der Waals surface area (Å²) in [6.45, 7) is 4.44. The summed E-state index contributed by atoms with van der Waals surface area (Å²) in [4.78, 5) is 17.0. The number of carbonyl (C=O) groups excluding carboxylic acids is 1. The summed E-state index contributed by atoms with van der Waals surface area (Å²) in [6, 6.07) is 7.31. The number of hydrogen-bond donors (Lipinski definition) is 1. The fraction of sp³-hybridized carbons (Fsp3) is 0.278. The Bertz CT molecular complexity index is 936. The molecule has 1 N–H and O–H groups in total. The minimum atomic E-state index is -0.338. The highest BCUT2D eigenvalue weighted by atomic mass is 35.5. The summed E-state index contributed by atoms with van der Waals surface area (Å²) in [6.07, 6.45) is 2.35. The van der Waals surface area contributed by atoms with Crippen LogP contribution in [0.4, 0.5) is 5.69 Å². The molecule has 0 atom stereocenters. The van der Waals surface area contributed by atoms with Gasteiger partial charge < -0.3 is 10.1 Å². The summed E-state index contributed by atoms with van der Waals surface area (Å²) in [5, 5.41) is 8.19. The van der Waals surface area contributed by atoms with Gasteiger partial charge in [0.15, 0.2) is 5.65 Å². The lowest BCUT2D eigenvalue weighted by molar-refractivity contribution is 0.102. The van der Waals surface area contributed by atoms with Crippen molar-refractivity contribution in [2.24, 2.45) is 7.05 Å². The lowest BCUT2D eigenvalue weighted by atomic mass is 10.2. The van der Waals surface area contributed by atoms with Gasteiger partial charge in [0.1, 0.15) is 5.75 Å². The number of nitrogens with zero attached hydrogens (tertiary/aromatic N) is 3. The molecule has 0 unspecified atom stereocenters. The van der Waals surface area contributed by atoms with Crippen LogP contribution < -0.4 is 10.1 Å². The van der Waals surface area contributed by atoms with Gasteiger partial charge in [-0.05, 0) is 25.5 Å². The summed E-state index contributed by atoms with van der Waals surface area (Å²) >= 11 is 6.46. The summed E-state index contributed by atoms with van der Waals surface area (Å²) in [5.74, 6) is 0.288. The van der Waals surface area contributed by atoms with Gasteiger partial charge in [0.05, 0.1) is 34.0 Å². The molecule has 3 rings (SSSR count). The highest BCUT2D eigenvalue weighted by Gasteiger charge is 2.19. The maximum Gasteiger partial charge on any atom is 0.258 e. The predicted molar refractivity (Wildman–Crippen MR) is 98.4 cm³/mol. The molecule has 0 saturated carbocycles. The molecule has 0 bridgehead atoms. The molecule has 0 spiro atoms. The first-order chi connectivity index (χ1) is 12.0. The Balaban J connectivity index is 1.93. The van der Waals surface area contributed by atoms with Crippen LogP contribution in [0.1, 0.15) is 29.4 Å². The SMILES string of the molecule is CCCOc1ccccc1NC(=O)c1cnc2c(c(C)nn2C)c1Cl. The van der Waals surface area contributed by atoms with Crippen LogP contribution in [-0.2, 0) is 7.05 Å². The van der Waals surface area contributed by atoms with Crippen LogP contribution in [0, 0.1) is 6.92 Å². The van der Waals surface area contributed by atoms with Crippen molar-refractivity contribution in [1.82, 2.24) is 14.8 Å². The Morgan fingerprint density at radius 1 is 1.36 bits per heavy atom. The van der Waals surface area contributed by atoms with Gasteiger partial charge in [0.25, 0.3) is 5.91 Å². The molecule has 0 aliphatic heterocycles. The number of hydrogen-bond acceptors (Lipinski definition) is 4. The van der Waals surface area contributed by atoms with E-state index in [-0.39, 0.29) is 5.91 Å². The number of amides is 1. The topological polar surface area (TPSA) is 69.0 Å². The number of aromatic nitrogens is 3. The zero-order valence-corrected chi connectivity index (χ0v) is 15.1. The molecule has 0 aliphatic carbocycles. The number of nitrogens with one attached hydrogen (secondary N) is 1. The molecule has 1 amide bonds. The fourth-order valence-corrected chi connectivity index (χ4v) is 2.98. The van der Waals surface area contributed by atoms with Gasteiger partial charge in [-0.3, -0.25) is 9.48 Å². The van der Waals surface area contributed by atoms with Crippen molar-refractivity contribution in [3.8, 4) is 5.75 Å². The average Bonchev–Trinajstić information content (AvgIpc) is 2.89. The van der Waals surface area contributed by atoms with Gasteiger partial charge in [-0.1, -0.05) is 30.7 Å². The molecule has 25 heavy (non-hydrogen) atoms. The van der Waals surface area contributed by atoms with Gasteiger partial charge >= 0.3 is 0 Å². The van der Waals surface area contributed by atoms with E-state index >= 15 is 0 Å².